The highest BCUT2D eigenvalue weighted by Gasteiger charge is 2.44. The number of halogens is 2. The van der Waals surface area contributed by atoms with Gasteiger partial charge in [-0.2, -0.15) is 0 Å². The fourth-order valence-electron chi connectivity index (χ4n) is 3.23. The maximum Gasteiger partial charge on any atom is 0.235 e. The Bertz CT molecular complexity index is 678. The molecule has 0 heterocycles. The summed E-state index contributed by atoms with van der Waals surface area (Å²) in [7, 11) is 0. The zero-order chi connectivity index (χ0) is 15.6. The average molecular weight is 318 g/mol. The van der Waals surface area contributed by atoms with Crippen LogP contribution in [0.3, 0.4) is 0 Å². The molecule has 1 fully saturated rings. The molecule has 0 bridgehead atoms. The molecule has 0 atom stereocenters. The van der Waals surface area contributed by atoms with E-state index in [0.717, 1.165) is 12.8 Å². The van der Waals surface area contributed by atoms with E-state index in [2.05, 4.69) is 5.32 Å². The molecule has 0 unspecified atom stereocenters. The summed E-state index contributed by atoms with van der Waals surface area (Å²) >= 11 is 5.86. The van der Waals surface area contributed by atoms with Gasteiger partial charge in [0.2, 0.25) is 5.91 Å². The molecule has 22 heavy (non-hydrogen) atoms. The second-order valence-corrected chi connectivity index (χ2v) is 6.17. The lowest BCUT2D eigenvalue weighted by molar-refractivity contribution is -0.121. The maximum absolute atomic E-state index is 14.2. The van der Waals surface area contributed by atoms with Gasteiger partial charge >= 0.3 is 0 Å². The van der Waals surface area contributed by atoms with Gasteiger partial charge in [0.15, 0.2) is 0 Å². The van der Waals surface area contributed by atoms with Crippen molar-refractivity contribution in [1.82, 2.24) is 0 Å². The Morgan fingerprint density at radius 2 is 1.68 bits per heavy atom. The first kappa shape index (κ1) is 15.0. The normalized spacial score (nSPS) is 16.5. The summed E-state index contributed by atoms with van der Waals surface area (Å²) in [6, 6.07) is 13.5. The Balaban J connectivity index is 1.92. The van der Waals surface area contributed by atoms with Crippen molar-refractivity contribution in [2.45, 2.75) is 31.1 Å². The molecule has 2 aromatic carbocycles. The van der Waals surface area contributed by atoms with Crippen molar-refractivity contribution >= 4 is 23.2 Å². The van der Waals surface area contributed by atoms with Gasteiger partial charge in [-0.15, -0.1) is 0 Å². The van der Waals surface area contributed by atoms with Crippen molar-refractivity contribution in [1.29, 1.82) is 0 Å². The molecule has 3 rings (SSSR count). The number of rotatable bonds is 3. The molecule has 0 spiro atoms. The maximum atomic E-state index is 14.2. The minimum Gasteiger partial charge on any atom is -0.325 e. The largest absolute Gasteiger partial charge is 0.325 e. The Morgan fingerprint density at radius 1 is 1.05 bits per heavy atom. The van der Waals surface area contributed by atoms with E-state index in [0.29, 0.717) is 29.1 Å². The van der Waals surface area contributed by atoms with E-state index in [9.17, 15) is 9.18 Å². The highest BCUT2D eigenvalue weighted by molar-refractivity contribution is 6.30. The van der Waals surface area contributed by atoms with E-state index in [1.807, 2.05) is 0 Å². The number of nitrogens with one attached hydrogen (secondary N) is 1. The molecule has 114 valence electrons. The third-order valence-corrected chi connectivity index (χ3v) is 4.64. The Morgan fingerprint density at radius 3 is 2.32 bits per heavy atom. The van der Waals surface area contributed by atoms with Crippen LogP contribution < -0.4 is 5.32 Å². The van der Waals surface area contributed by atoms with Crippen molar-refractivity contribution in [3.63, 3.8) is 0 Å². The van der Waals surface area contributed by atoms with Crippen LogP contribution in [0.25, 0.3) is 0 Å². The van der Waals surface area contributed by atoms with E-state index in [-0.39, 0.29) is 11.7 Å². The molecule has 0 aliphatic heterocycles. The van der Waals surface area contributed by atoms with Crippen LogP contribution in [-0.4, -0.2) is 5.91 Å². The quantitative estimate of drug-likeness (QED) is 0.854. The summed E-state index contributed by atoms with van der Waals surface area (Å²) in [6.45, 7) is 0. The third kappa shape index (κ3) is 2.73. The second kappa shape index (κ2) is 6.09. The fourth-order valence-corrected chi connectivity index (χ4v) is 3.36. The van der Waals surface area contributed by atoms with Gasteiger partial charge in [-0.3, -0.25) is 4.79 Å². The lowest BCUT2D eigenvalue weighted by Crippen LogP contribution is -2.38. The number of hydrogen-bond donors (Lipinski definition) is 1. The molecule has 2 nitrogen and oxygen atoms in total. The van der Waals surface area contributed by atoms with Crippen LogP contribution in [0.4, 0.5) is 10.1 Å². The average Bonchev–Trinajstić information content (AvgIpc) is 3.01. The molecule has 1 amide bonds. The van der Waals surface area contributed by atoms with Crippen LogP contribution in [0.5, 0.6) is 0 Å². The van der Waals surface area contributed by atoms with E-state index in [1.54, 1.807) is 42.5 Å². The Hall–Kier alpha value is -1.87. The fraction of sp³-hybridized carbons (Fsp3) is 0.278. The number of carbonyl (C=O) groups is 1. The zero-order valence-corrected chi connectivity index (χ0v) is 12.9. The smallest absolute Gasteiger partial charge is 0.235 e. The van der Waals surface area contributed by atoms with E-state index in [1.165, 1.54) is 6.07 Å². The van der Waals surface area contributed by atoms with Gasteiger partial charge in [0.05, 0.1) is 5.41 Å². The summed E-state index contributed by atoms with van der Waals surface area (Å²) in [5.74, 6) is -0.451. The SMILES string of the molecule is O=C(Nc1ccc(Cl)cc1)C1(c2ccccc2F)CCCC1. The molecule has 1 N–H and O–H groups in total. The summed E-state index contributed by atoms with van der Waals surface area (Å²) in [5.41, 5.74) is 0.404. The van der Waals surface area contributed by atoms with E-state index in [4.69, 9.17) is 11.6 Å². The van der Waals surface area contributed by atoms with Crippen molar-refractivity contribution in [3.8, 4) is 0 Å². The molecule has 0 radical (unpaired) electrons. The van der Waals surface area contributed by atoms with Gasteiger partial charge in [-0.05, 0) is 43.2 Å². The lowest BCUT2D eigenvalue weighted by Gasteiger charge is -2.28. The number of amides is 1. The van der Waals surface area contributed by atoms with Crippen molar-refractivity contribution < 1.29 is 9.18 Å². The first-order valence-electron chi connectivity index (χ1n) is 7.44. The Labute approximate surface area is 134 Å². The minimum absolute atomic E-state index is 0.141. The van der Waals surface area contributed by atoms with Crippen molar-refractivity contribution in [2.75, 3.05) is 5.32 Å². The third-order valence-electron chi connectivity index (χ3n) is 4.38. The van der Waals surface area contributed by atoms with Crippen LogP contribution in [0.2, 0.25) is 5.02 Å². The van der Waals surface area contributed by atoms with Crippen LogP contribution >= 0.6 is 11.6 Å². The van der Waals surface area contributed by atoms with E-state index < -0.39 is 5.41 Å². The summed E-state index contributed by atoms with van der Waals surface area (Å²) in [4.78, 5) is 12.9. The molecule has 1 aliphatic carbocycles. The first-order chi connectivity index (χ1) is 10.6. The summed E-state index contributed by atoms with van der Waals surface area (Å²) in [6.07, 6.45) is 3.21. The minimum atomic E-state index is -0.773. The van der Waals surface area contributed by atoms with Gasteiger partial charge < -0.3 is 5.32 Å². The number of carbonyl (C=O) groups excluding carboxylic acids is 1. The summed E-state index contributed by atoms with van der Waals surface area (Å²) < 4.78 is 14.2. The second-order valence-electron chi connectivity index (χ2n) is 5.73. The highest BCUT2D eigenvalue weighted by atomic mass is 35.5. The molecular weight excluding hydrogens is 301 g/mol. The van der Waals surface area contributed by atoms with Gasteiger partial charge in [-0.25, -0.2) is 4.39 Å². The predicted octanol–water partition coefficient (Wildman–Crippen LogP) is 4.93. The zero-order valence-electron chi connectivity index (χ0n) is 12.1. The number of benzene rings is 2. The monoisotopic (exact) mass is 317 g/mol. The Kier molecular flexibility index (Phi) is 4.16. The molecule has 4 heteroatoms. The van der Waals surface area contributed by atoms with Gasteiger partial charge in [0.1, 0.15) is 5.82 Å². The number of anilines is 1. The van der Waals surface area contributed by atoms with Crippen LogP contribution in [0.1, 0.15) is 31.2 Å². The molecular formula is C18H17ClFNO. The lowest BCUT2D eigenvalue weighted by atomic mass is 9.77. The van der Waals surface area contributed by atoms with E-state index >= 15 is 0 Å². The van der Waals surface area contributed by atoms with Gasteiger partial charge in [0.25, 0.3) is 0 Å². The molecule has 1 aliphatic rings. The molecule has 0 saturated heterocycles. The van der Waals surface area contributed by atoms with Crippen LogP contribution in [0, 0.1) is 5.82 Å². The van der Waals surface area contributed by atoms with Crippen molar-refractivity contribution in [2.24, 2.45) is 0 Å². The van der Waals surface area contributed by atoms with Crippen molar-refractivity contribution in [3.05, 3.63) is 64.9 Å². The molecule has 1 saturated carbocycles. The topological polar surface area (TPSA) is 29.1 Å². The van der Waals surface area contributed by atoms with Gasteiger partial charge in [-0.1, -0.05) is 42.6 Å². The highest BCUT2D eigenvalue weighted by Crippen LogP contribution is 2.43. The van der Waals surface area contributed by atoms with Crippen LogP contribution in [-0.2, 0) is 10.2 Å². The van der Waals surface area contributed by atoms with Gasteiger partial charge in [0, 0.05) is 16.3 Å². The summed E-state index contributed by atoms with van der Waals surface area (Å²) in [5, 5.41) is 3.53. The number of hydrogen-bond acceptors (Lipinski definition) is 1. The first-order valence-corrected chi connectivity index (χ1v) is 7.82. The molecule has 2 aromatic rings. The molecule has 0 aromatic heterocycles. The standard InChI is InChI=1S/C18H17ClFNO/c19-13-7-9-14(10-8-13)21-17(22)18(11-3-4-12-18)15-5-1-2-6-16(15)20/h1-2,5-10H,3-4,11-12H2,(H,21,22). The predicted molar refractivity (Wildman–Crippen MR) is 86.6 cm³/mol. The van der Waals surface area contributed by atoms with Crippen LogP contribution in [0.15, 0.2) is 48.5 Å².